The van der Waals surface area contributed by atoms with E-state index < -0.39 is 17.1 Å². The number of hydrogen-bond acceptors (Lipinski definition) is 6. The highest BCUT2D eigenvalue weighted by Gasteiger charge is 2.12. The fraction of sp³-hybridized carbons (Fsp3) is 0.615. The third kappa shape index (κ3) is 4.27. The number of nitrogens with one attached hydrogen (secondary N) is 2. The average Bonchev–Trinajstić information content (AvgIpc) is 2.43. The normalized spacial score (nSPS) is 17.1. The van der Waals surface area contributed by atoms with Crippen LogP contribution in [0.2, 0.25) is 0 Å². The molecule has 8 nitrogen and oxygen atoms in total. The van der Waals surface area contributed by atoms with Crippen molar-refractivity contribution >= 4 is 5.71 Å². The molecule has 1 aliphatic heterocycles. The number of aromatic amines is 2. The Morgan fingerprint density at radius 3 is 2.71 bits per heavy atom. The van der Waals surface area contributed by atoms with E-state index in [9.17, 15) is 14.7 Å². The summed E-state index contributed by atoms with van der Waals surface area (Å²) < 4.78 is 5.27. The molecule has 0 aliphatic carbocycles. The molecule has 21 heavy (non-hydrogen) atoms. The number of aliphatic imine (C=N–C) groups is 1. The van der Waals surface area contributed by atoms with E-state index in [1.807, 2.05) is 0 Å². The van der Waals surface area contributed by atoms with Crippen LogP contribution < -0.4 is 11.2 Å². The first-order valence-electron chi connectivity index (χ1n) is 6.95. The molecule has 8 heteroatoms. The summed E-state index contributed by atoms with van der Waals surface area (Å²) in [4.78, 5) is 33.4. The van der Waals surface area contributed by atoms with Gasteiger partial charge in [-0.25, -0.2) is 4.79 Å². The molecule has 0 atom stereocenters. The summed E-state index contributed by atoms with van der Waals surface area (Å²) in [6, 6.07) is 0. The van der Waals surface area contributed by atoms with E-state index >= 15 is 0 Å². The van der Waals surface area contributed by atoms with Gasteiger partial charge >= 0.3 is 5.69 Å². The molecule has 1 aliphatic rings. The Hall–Kier alpha value is -1.93. The second-order valence-electron chi connectivity index (χ2n) is 4.91. The summed E-state index contributed by atoms with van der Waals surface area (Å²) in [5.74, 6) is -0.446. The first-order valence-corrected chi connectivity index (χ1v) is 6.95. The molecule has 1 fully saturated rings. The maximum absolute atomic E-state index is 11.6. The van der Waals surface area contributed by atoms with Gasteiger partial charge in [0, 0.05) is 31.9 Å². The van der Waals surface area contributed by atoms with Crippen molar-refractivity contribution < 1.29 is 9.84 Å². The Bertz CT molecular complexity index is 613. The van der Waals surface area contributed by atoms with Gasteiger partial charge in [-0.1, -0.05) is 0 Å². The Kier molecular flexibility index (Phi) is 5.29. The van der Waals surface area contributed by atoms with Gasteiger partial charge in [-0.15, -0.1) is 0 Å². The van der Waals surface area contributed by atoms with Crippen molar-refractivity contribution in [3.63, 3.8) is 0 Å². The van der Waals surface area contributed by atoms with E-state index in [-0.39, 0.29) is 5.56 Å². The molecule has 116 valence electrons. The second-order valence-corrected chi connectivity index (χ2v) is 4.91. The summed E-state index contributed by atoms with van der Waals surface area (Å²) in [7, 11) is 0. The molecular weight excluding hydrogens is 276 g/mol. The molecule has 0 unspecified atom stereocenters. The van der Waals surface area contributed by atoms with Gasteiger partial charge in [-0.05, 0) is 13.3 Å². The van der Waals surface area contributed by atoms with E-state index in [2.05, 4.69) is 19.9 Å². The summed E-state index contributed by atoms with van der Waals surface area (Å²) in [5.41, 5.74) is -0.944. The first kappa shape index (κ1) is 15.5. The maximum atomic E-state index is 11.6. The van der Waals surface area contributed by atoms with Crippen molar-refractivity contribution in [2.24, 2.45) is 4.99 Å². The number of morpholine rings is 1. The molecule has 0 aromatic carbocycles. The van der Waals surface area contributed by atoms with Crippen molar-refractivity contribution in [3.8, 4) is 5.88 Å². The fourth-order valence-corrected chi connectivity index (χ4v) is 2.26. The largest absolute Gasteiger partial charge is 0.494 e. The predicted molar refractivity (Wildman–Crippen MR) is 78.3 cm³/mol. The van der Waals surface area contributed by atoms with Gasteiger partial charge in [0.25, 0.3) is 5.56 Å². The average molecular weight is 296 g/mol. The second kappa shape index (κ2) is 7.19. The maximum Gasteiger partial charge on any atom is 0.328 e. The predicted octanol–water partition coefficient (Wildman–Crippen LogP) is -0.700. The standard InChI is InChI=1S/C13H20N4O4/c1-9(10-11(18)15-13(20)16-12(10)19)14-3-2-4-17-5-7-21-8-6-17/h2-8H2,1H3,(H3,15,16,18,19,20). The molecule has 0 radical (unpaired) electrons. The highest BCUT2D eigenvalue weighted by Crippen LogP contribution is 2.07. The zero-order chi connectivity index (χ0) is 15.2. The zero-order valence-corrected chi connectivity index (χ0v) is 12.0. The van der Waals surface area contributed by atoms with Gasteiger partial charge in [0.15, 0.2) is 0 Å². The SMILES string of the molecule is CC(=NCCCN1CCOCC1)c1c(O)[nH]c(=O)[nH]c1=O. The van der Waals surface area contributed by atoms with Crippen LogP contribution in [0.1, 0.15) is 18.9 Å². The molecule has 0 amide bonds. The van der Waals surface area contributed by atoms with E-state index in [0.717, 1.165) is 39.3 Å². The summed E-state index contributed by atoms with van der Waals surface area (Å²) in [6.45, 7) is 6.52. The van der Waals surface area contributed by atoms with Gasteiger partial charge < -0.3 is 9.84 Å². The van der Waals surface area contributed by atoms with Gasteiger partial charge in [-0.3, -0.25) is 24.7 Å². The van der Waals surface area contributed by atoms with Crippen molar-refractivity contribution in [1.82, 2.24) is 14.9 Å². The van der Waals surface area contributed by atoms with Crippen molar-refractivity contribution in [3.05, 3.63) is 26.4 Å². The Morgan fingerprint density at radius 2 is 2.05 bits per heavy atom. The third-order valence-corrected chi connectivity index (χ3v) is 3.37. The molecule has 1 aromatic heterocycles. The van der Waals surface area contributed by atoms with Crippen LogP contribution in [0, 0.1) is 0 Å². The van der Waals surface area contributed by atoms with Crippen LogP contribution in [0.25, 0.3) is 0 Å². The number of aromatic nitrogens is 2. The molecule has 1 saturated heterocycles. The number of nitrogens with zero attached hydrogens (tertiary/aromatic N) is 2. The van der Waals surface area contributed by atoms with E-state index in [1.165, 1.54) is 0 Å². The van der Waals surface area contributed by atoms with Crippen LogP contribution >= 0.6 is 0 Å². The number of rotatable bonds is 5. The van der Waals surface area contributed by atoms with Crippen LogP contribution in [0.4, 0.5) is 0 Å². The van der Waals surface area contributed by atoms with Crippen molar-refractivity contribution in [1.29, 1.82) is 0 Å². The Labute approximate surface area is 121 Å². The lowest BCUT2D eigenvalue weighted by Crippen LogP contribution is -2.37. The van der Waals surface area contributed by atoms with Crippen LogP contribution in [0.15, 0.2) is 14.6 Å². The smallest absolute Gasteiger partial charge is 0.328 e. The van der Waals surface area contributed by atoms with Crippen molar-refractivity contribution in [2.75, 3.05) is 39.4 Å². The third-order valence-electron chi connectivity index (χ3n) is 3.37. The summed E-state index contributed by atoms with van der Waals surface area (Å²) in [5, 5.41) is 9.62. The first-order chi connectivity index (χ1) is 10.1. The van der Waals surface area contributed by atoms with Crippen LogP contribution in [0.5, 0.6) is 5.88 Å². The van der Waals surface area contributed by atoms with Crippen LogP contribution in [0.3, 0.4) is 0 Å². The van der Waals surface area contributed by atoms with Gasteiger partial charge in [0.1, 0.15) is 5.56 Å². The molecule has 3 N–H and O–H groups in total. The summed E-state index contributed by atoms with van der Waals surface area (Å²) in [6.07, 6.45) is 0.860. The number of H-pyrrole nitrogens is 2. The van der Waals surface area contributed by atoms with Gasteiger partial charge in [-0.2, -0.15) is 0 Å². The fourth-order valence-electron chi connectivity index (χ4n) is 2.26. The van der Waals surface area contributed by atoms with Crippen molar-refractivity contribution in [2.45, 2.75) is 13.3 Å². The molecule has 1 aromatic rings. The number of aromatic hydroxyl groups is 1. The Morgan fingerprint density at radius 1 is 1.33 bits per heavy atom. The minimum atomic E-state index is -0.735. The van der Waals surface area contributed by atoms with E-state index in [0.29, 0.717) is 12.3 Å². The van der Waals surface area contributed by atoms with Crippen LogP contribution in [-0.2, 0) is 4.74 Å². The zero-order valence-electron chi connectivity index (χ0n) is 12.0. The summed E-state index contributed by atoms with van der Waals surface area (Å²) >= 11 is 0. The topological polar surface area (TPSA) is 111 Å². The molecule has 0 bridgehead atoms. The minimum Gasteiger partial charge on any atom is -0.494 e. The van der Waals surface area contributed by atoms with Gasteiger partial charge in [0.2, 0.25) is 5.88 Å². The van der Waals surface area contributed by atoms with E-state index in [1.54, 1.807) is 6.92 Å². The van der Waals surface area contributed by atoms with Gasteiger partial charge in [0.05, 0.1) is 13.2 Å². The lowest BCUT2D eigenvalue weighted by Gasteiger charge is -2.26. The Balaban J connectivity index is 1.92. The van der Waals surface area contributed by atoms with E-state index in [4.69, 9.17) is 4.74 Å². The van der Waals surface area contributed by atoms with Crippen LogP contribution in [-0.4, -0.2) is 65.1 Å². The highest BCUT2D eigenvalue weighted by atomic mass is 16.5. The molecule has 0 saturated carbocycles. The number of hydrogen-bond donors (Lipinski definition) is 3. The lowest BCUT2D eigenvalue weighted by atomic mass is 10.2. The molecule has 2 heterocycles. The lowest BCUT2D eigenvalue weighted by molar-refractivity contribution is 0.0377. The molecule has 0 spiro atoms. The number of ether oxygens (including phenoxy) is 1. The quantitative estimate of drug-likeness (QED) is 0.491. The molecule has 2 rings (SSSR count). The minimum absolute atomic E-state index is 0.0148. The molecular formula is C13H20N4O4. The monoisotopic (exact) mass is 296 g/mol. The highest BCUT2D eigenvalue weighted by molar-refractivity contribution is 6.00.